The quantitative estimate of drug-likeness (QED) is 0.573. The minimum absolute atomic E-state index is 0.0388. The summed E-state index contributed by atoms with van der Waals surface area (Å²) in [6.07, 6.45) is 4.76. The number of nitrogens with zero attached hydrogens (tertiary/aromatic N) is 1. The molecular weight excluding hydrogens is 400 g/mol. The summed E-state index contributed by atoms with van der Waals surface area (Å²) in [5, 5.41) is 1.84. The first-order chi connectivity index (χ1) is 14.6. The van der Waals surface area contributed by atoms with E-state index >= 15 is 0 Å². The van der Waals surface area contributed by atoms with Crippen molar-refractivity contribution in [2.24, 2.45) is 0 Å². The van der Waals surface area contributed by atoms with E-state index in [-0.39, 0.29) is 18.2 Å². The van der Waals surface area contributed by atoms with Gasteiger partial charge in [0.1, 0.15) is 17.9 Å². The molecule has 1 aliphatic carbocycles. The molecule has 2 aliphatic rings. The first kappa shape index (κ1) is 19.3. The second-order valence-corrected chi connectivity index (χ2v) is 8.55. The summed E-state index contributed by atoms with van der Waals surface area (Å²) in [7, 11) is 1.65. The number of H-pyrrole nitrogens is 1. The zero-order valence-electron chi connectivity index (χ0n) is 17.0. The van der Waals surface area contributed by atoms with Gasteiger partial charge in [0.25, 0.3) is 0 Å². The molecule has 1 amide bonds. The van der Waals surface area contributed by atoms with E-state index in [9.17, 15) is 4.79 Å². The van der Waals surface area contributed by atoms with Gasteiger partial charge in [0, 0.05) is 28.2 Å². The number of benzene rings is 2. The lowest BCUT2D eigenvalue weighted by atomic mass is 9.92. The van der Waals surface area contributed by atoms with Crippen molar-refractivity contribution in [2.45, 2.75) is 44.2 Å². The normalized spacial score (nSPS) is 19.1. The van der Waals surface area contributed by atoms with Crippen LogP contribution in [0.2, 0.25) is 5.02 Å². The summed E-state index contributed by atoms with van der Waals surface area (Å²) >= 11 is 6.27. The van der Waals surface area contributed by atoms with Crippen LogP contribution in [0.3, 0.4) is 0 Å². The van der Waals surface area contributed by atoms with Gasteiger partial charge in [0.2, 0.25) is 0 Å². The molecule has 156 valence electrons. The molecule has 5 nitrogen and oxygen atoms in total. The Kier molecular flexibility index (Phi) is 5.07. The third-order valence-electron chi connectivity index (χ3n) is 6.32. The zero-order valence-corrected chi connectivity index (χ0v) is 17.7. The van der Waals surface area contributed by atoms with Crippen LogP contribution < -0.4 is 4.74 Å². The minimum Gasteiger partial charge on any atom is -0.497 e. The summed E-state index contributed by atoms with van der Waals surface area (Å²) in [5.41, 5.74) is 4.32. The van der Waals surface area contributed by atoms with Gasteiger partial charge in [-0.2, -0.15) is 0 Å². The Morgan fingerprint density at radius 1 is 1.13 bits per heavy atom. The molecular formula is C24H25ClN2O3. The summed E-state index contributed by atoms with van der Waals surface area (Å²) < 4.78 is 11.2. The van der Waals surface area contributed by atoms with E-state index in [1.165, 1.54) is 5.56 Å². The van der Waals surface area contributed by atoms with E-state index in [1.54, 1.807) is 7.11 Å². The van der Waals surface area contributed by atoms with Crippen LogP contribution in [0.25, 0.3) is 10.9 Å². The van der Waals surface area contributed by atoms with Crippen molar-refractivity contribution in [3.8, 4) is 5.75 Å². The third kappa shape index (κ3) is 3.41. The lowest BCUT2D eigenvalue weighted by molar-refractivity contribution is 0.0551. The second kappa shape index (κ2) is 7.88. The Bertz CT molecular complexity index is 1070. The molecule has 1 atom stereocenters. The van der Waals surface area contributed by atoms with Gasteiger partial charge in [-0.15, -0.1) is 0 Å². The number of carbonyl (C=O) groups is 1. The van der Waals surface area contributed by atoms with E-state index in [4.69, 9.17) is 21.1 Å². The standard InChI is InChI=1S/C24H25ClN2O3/c1-29-17-9-6-15(7-10-17)23-22-19(20-14-16(25)8-11-21(20)26-22)12-13-27(23)24(28)30-18-4-2-3-5-18/h6-11,14,18,23,26H,2-5,12-13H2,1H3/t23-/m0/s1. The zero-order chi connectivity index (χ0) is 20.7. The van der Waals surface area contributed by atoms with E-state index in [1.807, 2.05) is 47.4 Å². The lowest BCUT2D eigenvalue weighted by Gasteiger charge is -2.36. The fourth-order valence-corrected chi connectivity index (χ4v) is 4.98. The maximum Gasteiger partial charge on any atom is 0.410 e. The van der Waals surface area contributed by atoms with E-state index in [0.29, 0.717) is 11.6 Å². The Hall–Kier alpha value is -2.66. The number of rotatable bonds is 3. The molecule has 6 heteroatoms. The molecule has 0 radical (unpaired) electrons. The van der Waals surface area contributed by atoms with Crippen molar-refractivity contribution in [3.63, 3.8) is 0 Å². The van der Waals surface area contributed by atoms with Gasteiger partial charge < -0.3 is 14.5 Å². The summed E-state index contributed by atoms with van der Waals surface area (Å²) in [6.45, 7) is 0.606. The van der Waals surface area contributed by atoms with Crippen molar-refractivity contribution < 1.29 is 14.3 Å². The number of halogens is 1. The SMILES string of the molecule is COc1ccc([C@H]2c3[nH]c4ccc(Cl)cc4c3CCN2C(=O)OC2CCCC2)cc1. The average Bonchev–Trinajstić information content (AvgIpc) is 3.40. The van der Waals surface area contributed by atoms with Crippen molar-refractivity contribution in [1.29, 1.82) is 0 Å². The van der Waals surface area contributed by atoms with Gasteiger partial charge in [-0.3, -0.25) is 4.90 Å². The number of fused-ring (bicyclic) bond motifs is 3. The summed E-state index contributed by atoms with van der Waals surface area (Å²) in [4.78, 5) is 18.6. The topological polar surface area (TPSA) is 54.6 Å². The first-order valence-electron chi connectivity index (χ1n) is 10.6. The molecule has 30 heavy (non-hydrogen) atoms. The number of aromatic nitrogens is 1. The number of hydrogen-bond acceptors (Lipinski definition) is 3. The average molecular weight is 425 g/mol. The molecule has 0 saturated heterocycles. The second-order valence-electron chi connectivity index (χ2n) is 8.12. The Labute approximate surface area is 180 Å². The van der Waals surface area contributed by atoms with E-state index < -0.39 is 0 Å². The van der Waals surface area contributed by atoms with Gasteiger partial charge in [-0.1, -0.05) is 23.7 Å². The highest BCUT2D eigenvalue weighted by Crippen LogP contribution is 2.40. The molecule has 1 fully saturated rings. The van der Waals surface area contributed by atoms with Crippen molar-refractivity contribution in [2.75, 3.05) is 13.7 Å². The van der Waals surface area contributed by atoms with Gasteiger partial charge in [0.15, 0.2) is 0 Å². The predicted molar refractivity (Wildman–Crippen MR) is 117 cm³/mol. The predicted octanol–water partition coefficient (Wildman–Crippen LogP) is 5.86. The Morgan fingerprint density at radius 2 is 1.90 bits per heavy atom. The molecule has 0 unspecified atom stereocenters. The van der Waals surface area contributed by atoms with Crippen LogP contribution in [0.4, 0.5) is 4.79 Å². The molecule has 1 aliphatic heterocycles. The van der Waals surface area contributed by atoms with Crippen LogP contribution in [-0.4, -0.2) is 35.7 Å². The Balaban J connectivity index is 1.57. The van der Waals surface area contributed by atoms with Gasteiger partial charge in [-0.05, 0) is 73.6 Å². The number of aromatic amines is 1. The lowest BCUT2D eigenvalue weighted by Crippen LogP contribution is -2.42. The highest BCUT2D eigenvalue weighted by molar-refractivity contribution is 6.31. The molecule has 1 saturated carbocycles. The van der Waals surface area contributed by atoms with Crippen LogP contribution in [0.15, 0.2) is 42.5 Å². The monoisotopic (exact) mass is 424 g/mol. The van der Waals surface area contributed by atoms with Crippen molar-refractivity contribution in [1.82, 2.24) is 9.88 Å². The van der Waals surface area contributed by atoms with Gasteiger partial charge in [0.05, 0.1) is 7.11 Å². The highest BCUT2D eigenvalue weighted by atomic mass is 35.5. The maximum atomic E-state index is 13.2. The van der Waals surface area contributed by atoms with Crippen LogP contribution in [-0.2, 0) is 11.2 Å². The Morgan fingerprint density at radius 3 is 2.63 bits per heavy atom. The highest BCUT2D eigenvalue weighted by Gasteiger charge is 2.36. The van der Waals surface area contributed by atoms with Crippen LogP contribution in [0.5, 0.6) is 5.75 Å². The van der Waals surface area contributed by atoms with Gasteiger partial charge >= 0.3 is 6.09 Å². The summed E-state index contributed by atoms with van der Waals surface area (Å²) in [6, 6.07) is 13.6. The number of ether oxygens (including phenoxy) is 2. The molecule has 0 spiro atoms. The number of hydrogen-bond donors (Lipinski definition) is 1. The van der Waals surface area contributed by atoms with Crippen LogP contribution in [0, 0.1) is 0 Å². The third-order valence-corrected chi connectivity index (χ3v) is 6.56. The number of methoxy groups -OCH3 is 1. The smallest absolute Gasteiger partial charge is 0.410 e. The summed E-state index contributed by atoms with van der Waals surface area (Å²) in [5.74, 6) is 0.790. The number of nitrogens with one attached hydrogen (secondary N) is 1. The molecule has 1 aromatic heterocycles. The van der Waals surface area contributed by atoms with E-state index in [0.717, 1.165) is 60.0 Å². The van der Waals surface area contributed by atoms with Crippen LogP contribution >= 0.6 is 11.6 Å². The molecule has 2 aromatic carbocycles. The largest absolute Gasteiger partial charge is 0.497 e. The molecule has 2 heterocycles. The minimum atomic E-state index is -0.236. The molecule has 1 N–H and O–H groups in total. The van der Waals surface area contributed by atoms with Crippen molar-refractivity contribution >= 4 is 28.6 Å². The van der Waals surface area contributed by atoms with E-state index in [2.05, 4.69) is 4.98 Å². The fraction of sp³-hybridized carbons (Fsp3) is 0.375. The number of carbonyl (C=O) groups excluding carboxylic acids is 1. The molecule has 0 bridgehead atoms. The van der Waals surface area contributed by atoms with Crippen LogP contribution in [0.1, 0.15) is 48.5 Å². The molecule has 3 aromatic rings. The maximum absolute atomic E-state index is 13.2. The number of amides is 1. The first-order valence-corrected chi connectivity index (χ1v) is 10.9. The molecule has 5 rings (SSSR count). The fourth-order valence-electron chi connectivity index (χ4n) is 4.81. The van der Waals surface area contributed by atoms with Gasteiger partial charge in [-0.25, -0.2) is 4.79 Å². The van der Waals surface area contributed by atoms with Crippen molar-refractivity contribution in [3.05, 3.63) is 64.3 Å².